The van der Waals surface area contributed by atoms with Crippen LogP contribution in [0.5, 0.6) is 0 Å². The van der Waals surface area contributed by atoms with E-state index in [0.29, 0.717) is 66.8 Å². The molecule has 0 aromatic rings. The highest BCUT2D eigenvalue weighted by atomic mass is 19.1. The Morgan fingerprint density at radius 1 is 0.875 bits per heavy atom. The predicted octanol–water partition coefficient (Wildman–Crippen LogP) is 6.77. The lowest BCUT2D eigenvalue weighted by molar-refractivity contribution is -0.220. The van der Waals surface area contributed by atoms with Gasteiger partial charge in [0, 0.05) is 28.6 Å². The summed E-state index contributed by atoms with van der Waals surface area (Å²) in [6.07, 6.45) is 10.4. The van der Waals surface area contributed by atoms with E-state index in [1.54, 1.807) is 26.8 Å². The molecule has 0 amide bonds. The summed E-state index contributed by atoms with van der Waals surface area (Å²) in [6.45, 7) is 11.5. The van der Waals surface area contributed by atoms with Gasteiger partial charge in [-0.2, -0.15) is 0 Å². The van der Waals surface area contributed by atoms with Crippen LogP contribution in [0.25, 0.3) is 0 Å². The lowest BCUT2D eigenvalue weighted by atomic mass is 9.44. The Hall–Kier alpha value is -2.98. The average Bonchev–Trinajstić information content (AvgIpc) is 3.55. The summed E-state index contributed by atoms with van der Waals surface area (Å²) in [5, 5.41) is 23.9. The molecule has 16 unspecified atom stereocenters. The number of ketones is 3. The van der Waals surface area contributed by atoms with E-state index in [1.165, 1.54) is 17.7 Å². The SMILES string of the molecule is CC1CC2(C)C(OC(=O)CCC(=O)OCC(=O)C3(O)C(C)CC4C5CCC6=CC(=O)C=CC6(C)C5(F)C(O)CC43C)CCC2C2C(C)CC3=CC(=O)CCC3C12. The van der Waals surface area contributed by atoms with Crippen LogP contribution in [-0.4, -0.2) is 69.6 Å². The van der Waals surface area contributed by atoms with Gasteiger partial charge >= 0.3 is 11.9 Å². The van der Waals surface area contributed by atoms with Gasteiger partial charge in [-0.1, -0.05) is 51.8 Å². The van der Waals surface area contributed by atoms with Crippen LogP contribution in [0.15, 0.2) is 35.5 Å². The maximum absolute atomic E-state index is 17.5. The molecule has 0 bridgehead atoms. The van der Waals surface area contributed by atoms with Crippen molar-refractivity contribution in [1.82, 2.24) is 0 Å². The summed E-state index contributed by atoms with van der Waals surface area (Å²) in [7, 11) is 0. The first kappa shape index (κ1) is 39.8. The fourth-order valence-electron chi connectivity index (χ4n) is 15.2. The van der Waals surface area contributed by atoms with Crippen molar-refractivity contribution < 1.29 is 48.0 Å². The van der Waals surface area contributed by atoms with E-state index >= 15 is 4.39 Å². The Kier molecular flexibility index (Phi) is 9.63. The Morgan fingerprint density at radius 3 is 2.36 bits per heavy atom. The molecule has 0 radical (unpaired) electrons. The van der Waals surface area contributed by atoms with Crippen molar-refractivity contribution >= 4 is 29.3 Å². The van der Waals surface area contributed by atoms with Gasteiger partial charge in [0.1, 0.15) is 11.7 Å². The largest absolute Gasteiger partial charge is 0.462 e. The number of alkyl halides is 1. The highest BCUT2D eigenvalue weighted by Crippen LogP contribution is 2.71. The molecule has 0 aromatic carbocycles. The van der Waals surface area contributed by atoms with Crippen LogP contribution in [0, 0.1) is 69.5 Å². The van der Waals surface area contributed by atoms with E-state index in [0.717, 1.165) is 32.1 Å². The fourth-order valence-corrected chi connectivity index (χ4v) is 15.2. The second-order valence-corrected chi connectivity index (χ2v) is 20.3. The Balaban J connectivity index is 0.874. The van der Waals surface area contributed by atoms with Crippen molar-refractivity contribution in [3.05, 3.63) is 35.5 Å². The molecule has 8 aliphatic carbocycles. The number of Topliss-reactive ketones (excluding diaryl/α,β-unsaturated/α-hetero) is 1. The van der Waals surface area contributed by atoms with Crippen LogP contribution in [0.3, 0.4) is 0 Å². The molecule has 0 heterocycles. The number of esters is 2. The maximum atomic E-state index is 17.5. The number of rotatable bonds is 7. The number of hydrogen-bond donors (Lipinski definition) is 2. The van der Waals surface area contributed by atoms with Gasteiger partial charge in [0.05, 0.1) is 18.9 Å². The third kappa shape index (κ3) is 5.52. The number of carbonyl (C=O) groups excluding carboxylic acids is 5. The molecule has 8 rings (SSSR count). The highest BCUT2D eigenvalue weighted by molar-refractivity contribution is 6.01. The van der Waals surface area contributed by atoms with Crippen LogP contribution in [0.2, 0.25) is 0 Å². The summed E-state index contributed by atoms with van der Waals surface area (Å²) < 4.78 is 29.1. The summed E-state index contributed by atoms with van der Waals surface area (Å²) in [4.78, 5) is 64.6. The maximum Gasteiger partial charge on any atom is 0.306 e. The van der Waals surface area contributed by atoms with Gasteiger partial charge in [-0.05, 0) is 130 Å². The van der Waals surface area contributed by atoms with Crippen LogP contribution in [0.1, 0.15) is 119 Å². The number of aliphatic hydroxyl groups is 2. The van der Waals surface area contributed by atoms with E-state index in [2.05, 4.69) is 20.8 Å². The minimum absolute atomic E-state index is 0.165. The van der Waals surface area contributed by atoms with Crippen LogP contribution >= 0.6 is 0 Å². The Morgan fingerprint density at radius 2 is 1.61 bits per heavy atom. The fraction of sp³-hybridized carbons (Fsp3) is 0.761. The summed E-state index contributed by atoms with van der Waals surface area (Å²) >= 11 is 0. The first-order valence-corrected chi connectivity index (χ1v) is 21.4. The summed E-state index contributed by atoms with van der Waals surface area (Å²) in [6, 6.07) is 0. The molecule has 6 saturated carbocycles. The quantitative estimate of drug-likeness (QED) is 0.268. The van der Waals surface area contributed by atoms with Crippen molar-refractivity contribution in [2.24, 2.45) is 69.5 Å². The monoisotopic (exact) mass is 776 g/mol. The molecule has 9 nitrogen and oxygen atoms in total. The van der Waals surface area contributed by atoms with Gasteiger partial charge in [0.25, 0.3) is 0 Å². The third-order valence-electron chi connectivity index (χ3n) is 17.7. The zero-order valence-corrected chi connectivity index (χ0v) is 34.0. The van der Waals surface area contributed by atoms with Crippen molar-refractivity contribution in [1.29, 1.82) is 0 Å². The molecular formula is C46H61FO9. The molecule has 2 N–H and O–H groups in total. The number of carbonyl (C=O) groups is 5. The summed E-state index contributed by atoms with van der Waals surface area (Å²) in [5.41, 5.74) is -4.59. The van der Waals surface area contributed by atoms with E-state index in [4.69, 9.17) is 9.47 Å². The molecule has 16 atom stereocenters. The van der Waals surface area contributed by atoms with Crippen molar-refractivity contribution in [2.75, 3.05) is 6.61 Å². The minimum Gasteiger partial charge on any atom is -0.462 e. The zero-order valence-electron chi connectivity index (χ0n) is 34.0. The van der Waals surface area contributed by atoms with Crippen molar-refractivity contribution in [3.63, 3.8) is 0 Å². The molecule has 0 aliphatic heterocycles. The van der Waals surface area contributed by atoms with E-state index in [9.17, 15) is 34.2 Å². The van der Waals surface area contributed by atoms with Gasteiger partial charge in [-0.3, -0.25) is 24.0 Å². The molecule has 0 aromatic heterocycles. The van der Waals surface area contributed by atoms with Crippen molar-refractivity contribution in [2.45, 2.75) is 142 Å². The highest BCUT2D eigenvalue weighted by Gasteiger charge is 2.75. The predicted molar refractivity (Wildman–Crippen MR) is 204 cm³/mol. The van der Waals surface area contributed by atoms with Gasteiger partial charge in [-0.15, -0.1) is 0 Å². The van der Waals surface area contributed by atoms with Crippen molar-refractivity contribution in [3.8, 4) is 0 Å². The topological polar surface area (TPSA) is 144 Å². The van der Waals surface area contributed by atoms with Gasteiger partial charge in [0.2, 0.25) is 5.78 Å². The van der Waals surface area contributed by atoms with Gasteiger partial charge in [0.15, 0.2) is 23.8 Å². The number of halogens is 1. The second kappa shape index (κ2) is 13.5. The molecule has 8 aliphatic rings. The lowest BCUT2D eigenvalue weighted by Gasteiger charge is -2.62. The van der Waals surface area contributed by atoms with Gasteiger partial charge < -0.3 is 19.7 Å². The average molecular weight is 777 g/mol. The number of fused-ring (bicyclic) bond motifs is 10. The molecule has 306 valence electrons. The molecular weight excluding hydrogens is 715 g/mol. The molecule has 0 spiro atoms. The normalized spacial score (nSPS) is 48.9. The molecule has 56 heavy (non-hydrogen) atoms. The van der Waals surface area contributed by atoms with Crippen LogP contribution in [0.4, 0.5) is 4.39 Å². The van der Waals surface area contributed by atoms with Crippen LogP contribution < -0.4 is 0 Å². The van der Waals surface area contributed by atoms with E-state index in [1.807, 2.05) is 6.08 Å². The molecule has 10 heteroatoms. The first-order chi connectivity index (χ1) is 26.3. The molecule has 0 saturated heterocycles. The Bertz CT molecular complexity index is 1820. The zero-order chi connectivity index (χ0) is 40.3. The smallest absolute Gasteiger partial charge is 0.306 e. The number of ether oxygens (including phenoxy) is 2. The number of allylic oxidation sites excluding steroid dienone is 5. The lowest BCUT2D eigenvalue weighted by Crippen LogP contribution is -2.69. The van der Waals surface area contributed by atoms with Crippen LogP contribution in [-0.2, 0) is 33.4 Å². The number of hydrogen-bond acceptors (Lipinski definition) is 9. The van der Waals surface area contributed by atoms with E-state index in [-0.39, 0.29) is 42.3 Å². The number of aliphatic hydroxyl groups excluding tert-OH is 1. The minimum atomic E-state index is -2.09. The first-order valence-electron chi connectivity index (χ1n) is 21.4. The Labute approximate surface area is 330 Å². The summed E-state index contributed by atoms with van der Waals surface area (Å²) in [5.74, 6) is -0.706. The van der Waals surface area contributed by atoms with Gasteiger partial charge in [-0.25, -0.2) is 4.39 Å². The molecule has 6 fully saturated rings. The second-order valence-electron chi connectivity index (χ2n) is 20.3. The van der Waals surface area contributed by atoms with E-state index < -0.39 is 70.3 Å². The third-order valence-corrected chi connectivity index (χ3v) is 17.7. The standard InChI is InChI=1S/C46H61FO9/c1-24-17-27-19-29(48)8-9-31(27)40-25(2)21-42(4)33(41(24)40)11-12-37(42)56-39(53)14-13-38(52)55-23-36(51)46(54)26(3)18-34-32-10-7-28-20-30(49)15-16-43(28,5)45(32,47)35(50)22-44(34,46)6/h15-16,19-20,24-26,31-35,37,40-41,50,54H,7-14,17-18,21-23H2,1-6H3.